The largest absolute Gasteiger partial charge is 0.478 e. The zero-order chi connectivity index (χ0) is 12.3. The van der Waals surface area contributed by atoms with Crippen molar-refractivity contribution in [1.29, 1.82) is 0 Å². The second-order valence-corrected chi connectivity index (χ2v) is 4.78. The van der Waals surface area contributed by atoms with Gasteiger partial charge in [0.2, 0.25) is 0 Å². The molecule has 1 heterocycles. The molecule has 0 saturated heterocycles. The summed E-state index contributed by atoms with van der Waals surface area (Å²) in [5.74, 6) is 0.924. The topological polar surface area (TPSA) is 35.5 Å². The maximum atomic E-state index is 11.8. The lowest BCUT2D eigenvalue weighted by Gasteiger charge is -2.24. The molecule has 92 valence electrons. The van der Waals surface area contributed by atoms with Crippen LogP contribution in [0.3, 0.4) is 0 Å². The molecule has 0 unspecified atom stereocenters. The van der Waals surface area contributed by atoms with Crippen LogP contribution in [0, 0.1) is 5.92 Å². The molecule has 1 aromatic carbocycles. The van der Waals surface area contributed by atoms with Crippen LogP contribution in [0.1, 0.15) is 25.8 Å². The molecule has 17 heavy (non-hydrogen) atoms. The summed E-state index contributed by atoms with van der Waals surface area (Å²) in [5, 5.41) is 0. The van der Waals surface area contributed by atoms with E-state index in [0.717, 1.165) is 12.2 Å². The van der Waals surface area contributed by atoms with Crippen molar-refractivity contribution in [2.24, 2.45) is 5.92 Å². The zero-order valence-corrected chi connectivity index (χ0v) is 10.3. The summed E-state index contributed by atoms with van der Waals surface area (Å²) in [4.78, 5) is 11.8. The lowest BCUT2D eigenvalue weighted by Crippen LogP contribution is -2.33. The van der Waals surface area contributed by atoms with E-state index in [1.807, 2.05) is 38.1 Å². The fourth-order valence-electron chi connectivity index (χ4n) is 1.83. The highest BCUT2D eigenvalue weighted by Crippen LogP contribution is 2.27. The molecule has 1 aliphatic rings. The number of para-hydroxylation sites is 1. The van der Waals surface area contributed by atoms with Gasteiger partial charge in [-0.1, -0.05) is 32.0 Å². The second kappa shape index (κ2) is 5.21. The molecule has 3 heteroatoms. The summed E-state index contributed by atoms with van der Waals surface area (Å²) in [5.41, 5.74) is 1.17. The minimum Gasteiger partial charge on any atom is -0.478 e. The van der Waals surface area contributed by atoms with Gasteiger partial charge in [0.1, 0.15) is 5.75 Å². The Bertz CT molecular complexity index is 398. The van der Waals surface area contributed by atoms with Crippen molar-refractivity contribution >= 4 is 5.97 Å². The minimum absolute atomic E-state index is 0.242. The maximum Gasteiger partial charge on any atom is 0.347 e. The van der Waals surface area contributed by atoms with Crippen LogP contribution in [0.15, 0.2) is 24.3 Å². The predicted octanol–water partition coefficient (Wildman–Crippen LogP) is 2.58. The number of rotatable bonds is 3. The van der Waals surface area contributed by atoms with Crippen molar-refractivity contribution in [1.82, 2.24) is 0 Å². The maximum absolute atomic E-state index is 11.8. The van der Waals surface area contributed by atoms with Crippen molar-refractivity contribution in [3.63, 3.8) is 0 Å². The molecule has 0 saturated carbocycles. The van der Waals surface area contributed by atoms with Gasteiger partial charge in [-0.05, 0) is 30.4 Å². The number of benzene rings is 1. The van der Waals surface area contributed by atoms with Gasteiger partial charge < -0.3 is 9.47 Å². The van der Waals surface area contributed by atoms with E-state index in [0.29, 0.717) is 18.9 Å². The van der Waals surface area contributed by atoms with Gasteiger partial charge in [-0.2, -0.15) is 0 Å². The lowest BCUT2D eigenvalue weighted by molar-refractivity contribution is -0.153. The third-order valence-corrected chi connectivity index (χ3v) is 2.74. The van der Waals surface area contributed by atoms with Gasteiger partial charge in [0.05, 0.1) is 6.61 Å². The minimum atomic E-state index is -0.441. The molecule has 0 aliphatic carbocycles. The van der Waals surface area contributed by atoms with E-state index in [9.17, 15) is 4.79 Å². The van der Waals surface area contributed by atoms with Gasteiger partial charge in [-0.25, -0.2) is 4.79 Å². The number of ether oxygens (including phenoxy) is 2. The molecule has 0 fully saturated rings. The number of fused-ring (bicyclic) bond motifs is 1. The van der Waals surface area contributed by atoms with Crippen LogP contribution in [-0.4, -0.2) is 18.7 Å². The molecule has 0 radical (unpaired) electrons. The van der Waals surface area contributed by atoms with Gasteiger partial charge in [0.25, 0.3) is 0 Å². The van der Waals surface area contributed by atoms with Gasteiger partial charge in [0, 0.05) is 0 Å². The Morgan fingerprint density at radius 2 is 2.24 bits per heavy atom. The first kappa shape index (κ1) is 12.0. The van der Waals surface area contributed by atoms with Crippen molar-refractivity contribution in [3.05, 3.63) is 29.8 Å². The third-order valence-electron chi connectivity index (χ3n) is 2.74. The van der Waals surface area contributed by atoms with E-state index in [-0.39, 0.29) is 5.97 Å². The van der Waals surface area contributed by atoms with Crippen molar-refractivity contribution in [3.8, 4) is 5.75 Å². The summed E-state index contributed by atoms with van der Waals surface area (Å²) < 4.78 is 10.8. The van der Waals surface area contributed by atoms with E-state index in [1.54, 1.807) is 0 Å². The van der Waals surface area contributed by atoms with E-state index in [2.05, 4.69) is 0 Å². The molecule has 0 bridgehead atoms. The molecular weight excluding hydrogens is 216 g/mol. The summed E-state index contributed by atoms with van der Waals surface area (Å²) in [6.45, 7) is 4.49. The number of esters is 1. The molecule has 1 aliphatic heterocycles. The zero-order valence-electron chi connectivity index (χ0n) is 10.3. The van der Waals surface area contributed by atoms with Crippen LogP contribution < -0.4 is 4.74 Å². The second-order valence-electron chi connectivity index (χ2n) is 4.78. The molecule has 2 rings (SSSR count). The molecule has 0 aromatic heterocycles. The van der Waals surface area contributed by atoms with Crippen molar-refractivity contribution in [2.75, 3.05) is 6.61 Å². The van der Waals surface area contributed by atoms with Crippen LogP contribution in [0.5, 0.6) is 5.75 Å². The van der Waals surface area contributed by atoms with Crippen LogP contribution in [0.25, 0.3) is 0 Å². The normalized spacial score (nSPS) is 18.4. The summed E-state index contributed by atoms with van der Waals surface area (Å²) in [7, 11) is 0. The van der Waals surface area contributed by atoms with Crippen LogP contribution in [0.2, 0.25) is 0 Å². The summed E-state index contributed by atoms with van der Waals surface area (Å²) in [6, 6.07) is 7.84. The molecular formula is C14H18O3. The predicted molar refractivity (Wildman–Crippen MR) is 65.0 cm³/mol. The molecule has 0 N–H and O–H groups in total. The Kier molecular flexibility index (Phi) is 3.67. The van der Waals surface area contributed by atoms with Gasteiger partial charge >= 0.3 is 5.97 Å². The first-order valence-corrected chi connectivity index (χ1v) is 6.08. The number of hydrogen-bond acceptors (Lipinski definition) is 3. The summed E-state index contributed by atoms with van der Waals surface area (Å²) in [6.07, 6.45) is 1.13. The Hall–Kier alpha value is -1.51. The Morgan fingerprint density at radius 3 is 3.00 bits per heavy atom. The molecule has 0 amide bonds. The van der Waals surface area contributed by atoms with E-state index >= 15 is 0 Å². The first-order chi connectivity index (χ1) is 8.16. The Morgan fingerprint density at radius 1 is 1.47 bits per heavy atom. The highest BCUT2D eigenvalue weighted by molar-refractivity contribution is 5.75. The average Bonchev–Trinajstić information content (AvgIpc) is 2.35. The molecule has 1 aromatic rings. The molecule has 0 spiro atoms. The highest BCUT2D eigenvalue weighted by Gasteiger charge is 2.27. The van der Waals surface area contributed by atoms with E-state index < -0.39 is 6.10 Å². The van der Waals surface area contributed by atoms with E-state index in [4.69, 9.17) is 9.47 Å². The lowest BCUT2D eigenvalue weighted by atomic mass is 10.0. The van der Waals surface area contributed by atoms with Crippen LogP contribution >= 0.6 is 0 Å². The third kappa shape index (κ3) is 2.99. The highest BCUT2D eigenvalue weighted by atomic mass is 16.6. The quantitative estimate of drug-likeness (QED) is 0.754. The average molecular weight is 234 g/mol. The number of carbonyl (C=O) groups excluding carboxylic acids is 1. The smallest absolute Gasteiger partial charge is 0.347 e. The SMILES string of the molecule is CC(C)COC(=O)[C@H]1CCc2ccccc2O1. The number of carbonyl (C=O) groups is 1. The van der Waals surface area contributed by atoms with Gasteiger partial charge in [0.15, 0.2) is 6.10 Å². The van der Waals surface area contributed by atoms with Crippen molar-refractivity contribution in [2.45, 2.75) is 32.8 Å². The monoisotopic (exact) mass is 234 g/mol. The fraction of sp³-hybridized carbons (Fsp3) is 0.500. The molecule has 3 nitrogen and oxygen atoms in total. The Labute approximate surface area is 102 Å². The Balaban J connectivity index is 1.95. The van der Waals surface area contributed by atoms with Gasteiger partial charge in [-0.15, -0.1) is 0 Å². The summed E-state index contributed by atoms with van der Waals surface area (Å²) >= 11 is 0. The van der Waals surface area contributed by atoms with Crippen LogP contribution in [0.4, 0.5) is 0 Å². The standard InChI is InChI=1S/C14H18O3/c1-10(2)9-16-14(15)13-8-7-11-5-3-4-6-12(11)17-13/h3-6,10,13H,7-9H2,1-2H3/t13-/m1/s1. The number of aryl methyl sites for hydroxylation is 1. The van der Waals surface area contributed by atoms with Crippen LogP contribution in [-0.2, 0) is 16.0 Å². The first-order valence-electron chi connectivity index (χ1n) is 6.08. The van der Waals surface area contributed by atoms with Crippen molar-refractivity contribution < 1.29 is 14.3 Å². The fourth-order valence-corrected chi connectivity index (χ4v) is 1.83. The van der Waals surface area contributed by atoms with Gasteiger partial charge in [-0.3, -0.25) is 0 Å². The number of hydrogen-bond donors (Lipinski definition) is 0. The van der Waals surface area contributed by atoms with E-state index in [1.165, 1.54) is 5.56 Å². The molecule has 1 atom stereocenters.